The van der Waals surface area contributed by atoms with Crippen LogP contribution in [-0.2, 0) is 0 Å². The maximum absolute atomic E-state index is 4.32. The zero-order chi connectivity index (χ0) is 15.2. The van der Waals surface area contributed by atoms with E-state index in [1.54, 1.807) is 6.21 Å². The van der Waals surface area contributed by atoms with Crippen molar-refractivity contribution in [2.75, 3.05) is 10.7 Å². The molecule has 0 saturated carbocycles. The van der Waals surface area contributed by atoms with E-state index in [0.717, 1.165) is 15.7 Å². The lowest BCUT2D eigenvalue weighted by Crippen LogP contribution is -1.93. The van der Waals surface area contributed by atoms with Crippen molar-refractivity contribution in [2.45, 2.75) is 0 Å². The molecule has 0 aliphatic rings. The van der Waals surface area contributed by atoms with Crippen molar-refractivity contribution >= 4 is 50.4 Å². The quantitative estimate of drug-likeness (QED) is 0.510. The maximum atomic E-state index is 4.32. The number of anilines is 3. The van der Waals surface area contributed by atoms with Crippen LogP contribution >= 0.6 is 27.5 Å². The number of nitrogens with one attached hydrogen (secondary N) is 2. The van der Waals surface area contributed by atoms with Gasteiger partial charge in [0.25, 0.3) is 5.95 Å². The van der Waals surface area contributed by atoms with Crippen LogP contribution in [0.3, 0.4) is 0 Å². The Morgan fingerprint density at radius 3 is 2.59 bits per heavy atom. The number of hydrazone groups is 1. The van der Waals surface area contributed by atoms with Crippen LogP contribution in [0.5, 0.6) is 0 Å². The number of benzene rings is 2. The minimum Gasteiger partial charge on any atom is -0.330 e. The molecule has 0 spiro atoms. The fourth-order valence-corrected chi connectivity index (χ4v) is 2.49. The molecule has 0 saturated heterocycles. The van der Waals surface area contributed by atoms with E-state index in [-0.39, 0.29) is 0 Å². The zero-order valence-corrected chi connectivity index (χ0v) is 13.8. The lowest BCUT2D eigenvalue weighted by molar-refractivity contribution is 1.21. The molecule has 0 aliphatic carbocycles. The lowest BCUT2D eigenvalue weighted by Gasteiger charge is -2.00. The van der Waals surface area contributed by atoms with E-state index in [1.165, 1.54) is 11.5 Å². The summed E-state index contributed by atoms with van der Waals surface area (Å²) in [5.74, 6) is 0.469. The van der Waals surface area contributed by atoms with Gasteiger partial charge < -0.3 is 5.32 Å². The first-order valence-corrected chi connectivity index (χ1v) is 8.07. The predicted octanol–water partition coefficient (Wildman–Crippen LogP) is 4.49. The minimum absolute atomic E-state index is 0.469. The monoisotopic (exact) mass is 373 g/mol. The van der Waals surface area contributed by atoms with Crippen LogP contribution in [0, 0.1) is 0 Å². The normalized spacial score (nSPS) is 10.8. The van der Waals surface area contributed by atoms with Crippen LogP contribution in [-0.4, -0.2) is 15.6 Å². The second kappa shape index (κ2) is 7.15. The average molecular weight is 374 g/mol. The molecular formula is C15H12BrN5S. The number of halogens is 1. The van der Waals surface area contributed by atoms with Crippen molar-refractivity contribution in [3.63, 3.8) is 0 Å². The number of hydrogen-bond acceptors (Lipinski definition) is 6. The molecule has 22 heavy (non-hydrogen) atoms. The molecule has 0 fully saturated rings. The third-order valence-corrected chi connectivity index (χ3v) is 3.86. The SMILES string of the molecule is Brc1ccc(Nc2nc(N/N=C/c3ccccc3)ns2)cc1. The molecule has 110 valence electrons. The van der Waals surface area contributed by atoms with Crippen LogP contribution in [0.15, 0.2) is 64.2 Å². The summed E-state index contributed by atoms with van der Waals surface area (Å²) in [6.07, 6.45) is 1.73. The van der Waals surface area contributed by atoms with Crippen molar-refractivity contribution in [1.29, 1.82) is 0 Å². The molecular weight excluding hydrogens is 362 g/mol. The van der Waals surface area contributed by atoms with Gasteiger partial charge in [0.05, 0.1) is 6.21 Å². The Labute approximate surface area is 140 Å². The molecule has 0 aliphatic heterocycles. The topological polar surface area (TPSA) is 62.2 Å². The van der Waals surface area contributed by atoms with Crippen molar-refractivity contribution in [3.8, 4) is 0 Å². The van der Waals surface area contributed by atoms with E-state index in [0.29, 0.717) is 11.1 Å². The van der Waals surface area contributed by atoms with E-state index in [9.17, 15) is 0 Å². The molecule has 0 radical (unpaired) electrons. The Morgan fingerprint density at radius 1 is 1.05 bits per heavy atom. The Morgan fingerprint density at radius 2 is 1.82 bits per heavy atom. The number of rotatable bonds is 5. The Bertz CT molecular complexity index is 755. The van der Waals surface area contributed by atoms with Gasteiger partial charge in [0.1, 0.15) is 0 Å². The molecule has 5 nitrogen and oxygen atoms in total. The van der Waals surface area contributed by atoms with E-state index in [4.69, 9.17) is 0 Å². The van der Waals surface area contributed by atoms with E-state index in [2.05, 4.69) is 41.1 Å². The fraction of sp³-hybridized carbons (Fsp3) is 0. The van der Waals surface area contributed by atoms with Crippen LogP contribution in [0.4, 0.5) is 16.8 Å². The summed E-state index contributed by atoms with van der Waals surface area (Å²) >= 11 is 4.68. The third-order valence-electron chi connectivity index (χ3n) is 2.70. The molecule has 2 aromatic carbocycles. The first-order chi connectivity index (χ1) is 10.8. The molecule has 3 rings (SSSR count). The highest BCUT2D eigenvalue weighted by atomic mass is 79.9. The second-order valence-electron chi connectivity index (χ2n) is 4.34. The summed E-state index contributed by atoms with van der Waals surface area (Å²) in [7, 11) is 0. The second-order valence-corrected chi connectivity index (χ2v) is 6.00. The van der Waals surface area contributed by atoms with Gasteiger partial charge in [-0.2, -0.15) is 10.1 Å². The van der Waals surface area contributed by atoms with Gasteiger partial charge in [0.2, 0.25) is 5.13 Å². The first kappa shape index (κ1) is 14.7. The highest BCUT2D eigenvalue weighted by Crippen LogP contribution is 2.21. The molecule has 2 N–H and O–H groups in total. The van der Waals surface area contributed by atoms with Crippen molar-refractivity contribution in [3.05, 3.63) is 64.6 Å². The number of aromatic nitrogens is 2. The van der Waals surface area contributed by atoms with Gasteiger partial charge in [-0.25, -0.2) is 5.43 Å². The lowest BCUT2D eigenvalue weighted by atomic mass is 10.2. The average Bonchev–Trinajstić information content (AvgIpc) is 2.98. The van der Waals surface area contributed by atoms with E-state index < -0.39 is 0 Å². The summed E-state index contributed by atoms with van der Waals surface area (Å²) in [6, 6.07) is 17.7. The molecule has 1 heterocycles. The zero-order valence-electron chi connectivity index (χ0n) is 11.4. The van der Waals surface area contributed by atoms with Crippen LogP contribution in [0.25, 0.3) is 0 Å². The van der Waals surface area contributed by atoms with Gasteiger partial charge in [-0.3, -0.25) is 0 Å². The van der Waals surface area contributed by atoms with Gasteiger partial charge >= 0.3 is 0 Å². The van der Waals surface area contributed by atoms with Crippen molar-refractivity contribution in [2.24, 2.45) is 5.10 Å². The highest BCUT2D eigenvalue weighted by molar-refractivity contribution is 9.10. The largest absolute Gasteiger partial charge is 0.330 e. The summed E-state index contributed by atoms with van der Waals surface area (Å²) in [5, 5.41) is 8.02. The summed E-state index contributed by atoms with van der Waals surface area (Å²) < 4.78 is 5.23. The molecule has 3 aromatic rings. The van der Waals surface area contributed by atoms with Gasteiger partial charge in [0.15, 0.2) is 0 Å². The van der Waals surface area contributed by atoms with Crippen molar-refractivity contribution in [1.82, 2.24) is 9.36 Å². The smallest absolute Gasteiger partial charge is 0.257 e. The van der Waals surface area contributed by atoms with E-state index in [1.807, 2.05) is 54.6 Å². The molecule has 0 bridgehead atoms. The van der Waals surface area contributed by atoms with Crippen LogP contribution in [0.1, 0.15) is 5.56 Å². The van der Waals surface area contributed by atoms with Crippen molar-refractivity contribution < 1.29 is 0 Å². The third kappa shape index (κ3) is 4.12. The fourth-order valence-electron chi connectivity index (χ4n) is 1.68. The maximum Gasteiger partial charge on any atom is 0.257 e. The van der Waals surface area contributed by atoms with E-state index >= 15 is 0 Å². The summed E-state index contributed by atoms with van der Waals surface area (Å²) in [6.45, 7) is 0. The number of hydrogen-bond donors (Lipinski definition) is 2. The molecule has 7 heteroatoms. The first-order valence-electron chi connectivity index (χ1n) is 6.50. The van der Waals surface area contributed by atoms with Crippen LogP contribution in [0.2, 0.25) is 0 Å². The van der Waals surface area contributed by atoms with Gasteiger partial charge in [-0.1, -0.05) is 46.3 Å². The Hall–Kier alpha value is -2.25. The van der Waals surface area contributed by atoms with Gasteiger partial charge in [-0.05, 0) is 29.8 Å². The Balaban J connectivity index is 1.59. The van der Waals surface area contributed by atoms with Gasteiger partial charge in [0, 0.05) is 21.7 Å². The molecule has 0 amide bonds. The molecule has 0 atom stereocenters. The summed E-state index contributed by atoms with van der Waals surface area (Å²) in [5.41, 5.74) is 4.79. The number of nitrogens with zero attached hydrogens (tertiary/aromatic N) is 3. The standard InChI is InChI=1S/C15H12BrN5S/c16-12-6-8-13(9-7-12)18-15-19-14(21-22-15)20-17-10-11-4-2-1-3-5-11/h1-10H,(H2,18,19,20,21)/b17-10+. The molecule has 0 unspecified atom stereocenters. The molecule has 1 aromatic heterocycles. The summed E-state index contributed by atoms with van der Waals surface area (Å²) in [4.78, 5) is 4.32. The van der Waals surface area contributed by atoms with Gasteiger partial charge in [-0.15, -0.1) is 4.37 Å². The highest BCUT2D eigenvalue weighted by Gasteiger charge is 2.03. The predicted molar refractivity (Wildman–Crippen MR) is 95.0 cm³/mol. The Kier molecular flexibility index (Phi) is 4.77. The minimum atomic E-state index is 0.469. The van der Waals surface area contributed by atoms with Crippen LogP contribution < -0.4 is 10.7 Å².